The predicted octanol–water partition coefficient (Wildman–Crippen LogP) is 4.41. The summed E-state index contributed by atoms with van der Waals surface area (Å²) in [7, 11) is 5.89. The van der Waals surface area contributed by atoms with Gasteiger partial charge in [0.1, 0.15) is 5.75 Å². The van der Waals surface area contributed by atoms with Crippen LogP contribution in [0.3, 0.4) is 0 Å². The summed E-state index contributed by atoms with van der Waals surface area (Å²) in [5.74, 6) is 0.903. The largest absolute Gasteiger partial charge is 0.497 e. The minimum atomic E-state index is 0.903. The van der Waals surface area contributed by atoms with Gasteiger partial charge >= 0.3 is 0 Å². The number of benzene rings is 2. The lowest BCUT2D eigenvalue weighted by Crippen LogP contribution is -2.19. The molecule has 0 aliphatic carbocycles. The van der Waals surface area contributed by atoms with Crippen molar-refractivity contribution in [3.05, 3.63) is 58.2 Å². The van der Waals surface area contributed by atoms with E-state index in [4.69, 9.17) is 4.74 Å². The molecule has 0 amide bonds. The van der Waals surface area contributed by atoms with Gasteiger partial charge in [0.25, 0.3) is 0 Å². The van der Waals surface area contributed by atoms with E-state index in [0.29, 0.717) is 0 Å². The highest BCUT2D eigenvalue weighted by Crippen LogP contribution is 2.27. The van der Waals surface area contributed by atoms with E-state index >= 15 is 0 Å². The van der Waals surface area contributed by atoms with Crippen LogP contribution in [0.2, 0.25) is 0 Å². The second-order valence-electron chi connectivity index (χ2n) is 6.39. The fraction of sp³-hybridized carbons (Fsp3) is 0.350. The van der Waals surface area contributed by atoms with Crippen LogP contribution in [0.1, 0.15) is 17.7 Å². The summed E-state index contributed by atoms with van der Waals surface area (Å²) in [6.07, 6.45) is 2.12. The molecule has 0 unspecified atom stereocenters. The second-order valence-corrected chi connectivity index (χ2v) is 7.25. The Hall–Kier alpha value is -1.85. The number of halogens is 1. The van der Waals surface area contributed by atoms with Crippen molar-refractivity contribution >= 4 is 26.8 Å². The minimum Gasteiger partial charge on any atom is -0.497 e. The molecule has 0 saturated carbocycles. The number of aryl methyl sites for hydroxylation is 2. The number of hydrogen-bond acceptors (Lipinski definition) is 3. The van der Waals surface area contributed by atoms with Gasteiger partial charge in [-0.3, -0.25) is 4.68 Å². The van der Waals surface area contributed by atoms with Crippen LogP contribution >= 0.6 is 15.9 Å². The average Bonchev–Trinajstić information content (AvgIpc) is 2.92. The van der Waals surface area contributed by atoms with Crippen LogP contribution in [0.15, 0.2) is 46.9 Å². The molecule has 1 aromatic heterocycles. The van der Waals surface area contributed by atoms with Gasteiger partial charge in [0.15, 0.2) is 0 Å². The first-order valence-corrected chi connectivity index (χ1v) is 9.29. The van der Waals surface area contributed by atoms with Crippen LogP contribution in [0.25, 0.3) is 10.9 Å². The van der Waals surface area contributed by atoms with Crippen molar-refractivity contribution in [3.8, 4) is 5.75 Å². The van der Waals surface area contributed by atoms with Crippen LogP contribution in [0.5, 0.6) is 5.75 Å². The molecule has 3 aromatic rings. The van der Waals surface area contributed by atoms with Crippen LogP contribution in [-0.4, -0.2) is 35.4 Å². The monoisotopic (exact) mass is 401 g/mol. The van der Waals surface area contributed by atoms with Crippen LogP contribution in [-0.2, 0) is 20.0 Å². The zero-order valence-electron chi connectivity index (χ0n) is 15.0. The molecule has 0 bridgehead atoms. The zero-order valence-corrected chi connectivity index (χ0v) is 16.6. The van der Waals surface area contributed by atoms with Gasteiger partial charge in [-0.1, -0.05) is 34.1 Å². The number of fused-ring (bicyclic) bond motifs is 1. The fourth-order valence-electron chi connectivity index (χ4n) is 3.19. The van der Waals surface area contributed by atoms with Gasteiger partial charge < -0.3 is 9.64 Å². The normalized spacial score (nSPS) is 11.4. The van der Waals surface area contributed by atoms with Crippen molar-refractivity contribution < 1.29 is 4.74 Å². The Morgan fingerprint density at radius 3 is 2.64 bits per heavy atom. The molecular weight excluding hydrogens is 378 g/mol. The Bertz CT molecular complexity index is 842. The molecule has 0 aliphatic rings. The van der Waals surface area contributed by atoms with E-state index in [1.807, 2.05) is 29.9 Å². The number of ether oxygens (including phenoxy) is 1. The summed E-state index contributed by atoms with van der Waals surface area (Å²) in [4.78, 5) is 2.36. The van der Waals surface area contributed by atoms with E-state index in [0.717, 1.165) is 41.7 Å². The highest BCUT2D eigenvalue weighted by molar-refractivity contribution is 9.10. The third kappa shape index (κ3) is 4.22. The molecule has 0 N–H and O–H groups in total. The fourth-order valence-corrected chi connectivity index (χ4v) is 3.78. The summed E-state index contributed by atoms with van der Waals surface area (Å²) < 4.78 is 8.35. The maximum Gasteiger partial charge on any atom is 0.118 e. The highest BCUT2D eigenvalue weighted by Gasteiger charge is 2.11. The lowest BCUT2D eigenvalue weighted by molar-refractivity contribution is 0.321. The number of aromatic nitrogens is 2. The molecule has 0 atom stereocenters. The zero-order chi connectivity index (χ0) is 17.8. The third-order valence-electron chi connectivity index (χ3n) is 4.49. The van der Waals surface area contributed by atoms with E-state index < -0.39 is 0 Å². The maximum absolute atomic E-state index is 5.21. The van der Waals surface area contributed by atoms with E-state index in [1.165, 1.54) is 16.6 Å². The van der Waals surface area contributed by atoms with Crippen molar-refractivity contribution in [2.45, 2.75) is 19.4 Å². The molecule has 0 spiro atoms. The summed E-state index contributed by atoms with van der Waals surface area (Å²) in [5.41, 5.74) is 3.65. The molecule has 132 valence electrons. The van der Waals surface area contributed by atoms with Crippen LogP contribution in [0.4, 0.5) is 0 Å². The van der Waals surface area contributed by atoms with Crippen molar-refractivity contribution in [3.63, 3.8) is 0 Å². The predicted molar refractivity (Wildman–Crippen MR) is 106 cm³/mol. The molecule has 0 aliphatic heterocycles. The molecule has 2 aromatic carbocycles. The lowest BCUT2D eigenvalue weighted by atomic mass is 10.1. The molecule has 25 heavy (non-hydrogen) atoms. The Balaban J connectivity index is 1.58. The second kappa shape index (κ2) is 8.02. The van der Waals surface area contributed by atoms with Crippen molar-refractivity contribution in [1.82, 2.24) is 14.7 Å². The summed E-state index contributed by atoms with van der Waals surface area (Å²) in [6, 6.07) is 14.5. The van der Waals surface area contributed by atoms with Crippen LogP contribution in [0, 0.1) is 0 Å². The van der Waals surface area contributed by atoms with Crippen molar-refractivity contribution in [1.29, 1.82) is 0 Å². The van der Waals surface area contributed by atoms with Gasteiger partial charge in [-0.05, 0) is 56.3 Å². The number of hydrogen-bond donors (Lipinski definition) is 0. The molecule has 3 rings (SSSR count). The van der Waals surface area contributed by atoms with Gasteiger partial charge in [-0.2, -0.15) is 5.10 Å². The van der Waals surface area contributed by atoms with E-state index in [1.54, 1.807) is 7.11 Å². The Morgan fingerprint density at radius 1 is 1.16 bits per heavy atom. The Morgan fingerprint density at radius 2 is 1.92 bits per heavy atom. The Kier molecular flexibility index (Phi) is 5.76. The van der Waals surface area contributed by atoms with Gasteiger partial charge in [0, 0.05) is 29.1 Å². The quantitative estimate of drug-likeness (QED) is 0.587. The van der Waals surface area contributed by atoms with Gasteiger partial charge in [0.05, 0.1) is 12.6 Å². The topological polar surface area (TPSA) is 30.3 Å². The van der Waals surface area contributed by atoms with Gasteiger partial charge in [-0.25, -0.2) is 0 Å². The summed E-state index contributed by atoms with van der Waals surface area (Å²) in [6.45, 7) is 1.99. The number of nitrogens with zero attached hydrogens (tertiary/aromatic N) is 3. The van der Waals surface area contributed by atoms with Crippen molar-refractivity contribution in [2.75, 3.05) is 20.7 Å². The average molecular weight is 402 g/mol. The first kappa shape index (κ1) is 18.0. The molecular formula is C20H24BrN3O. The number of rotatable bonds is 7. The highest BCUT2D eigenvalue weighted by atomic mass is 79.9. The molecule has 0 saturated heterocycles. The van der Waals surface area contributed by atoms with Gasteiger partial charge in [0.2, 0.25) is 0 Å². The molecule has 0 radical (unpaired) electrons. The Labute approximate surface area is 157 Å². The van der Waals surface area contributed by atoms with Crippen molar-refractivity contribution in [2.24, 2.45) is 7.05 Å². The standard InChI is InChI=1S/C20H24BrN3O/c1-23(14-15-9-11-16(25-3)12-10-15)13-5-8-19-20-17(21)6-4-7-18(20)22-24(19)2/h4,6-7,9-12H,5,8,13-14H2,1-3H3. The number of methoxy groups -OCH3 is 1. The molecule has 5 heteroatoms. The SMILES string of the molecule is COc1ccc(CN(C)CCCc2c3c(Br)cccc3nn2C)cc1. The van der Waals surface area contributed by atoms with E-state index in [2.05, 4.69) is 57.2 Å². The first-order chi connectivity index (χ1) is 12.1. The molecule has 1 heterocycles. The minimum absolute atomic E-state index is 0.903. The van der Waals surface area contributed by atoms with E-state index in [9.17, 15) is 0 Å². The lowest BCUT2D eigenvalue weighted by Gasteiger charge is -2.17. The third-order valence-corrected chi connectivity index (χ3v) is 5.15. The molecule has 0 fully saturated rings. The van der Waals surface area contributed by atoms with E-state index in [-0.39, 0.29) is 0 Å². The smallest absolute Gasteiger partial charge is 0.118 e. The first-order valence-electron chi connectivity index (χ1n) is 8.50. The molecule has 4 nitrogen and oxygen atoms in total. The maximum atomic E-state index is 5.21. The summed E-state index contributed by atoms with van der Waals surface area (Å²) in [5, 5.41) is 5.86. The van der Waals surface area contributed by atoms with Gasteiger partial charge in [-0.15, -0.1) is 0 Å². The van der Waals surface area contributed by atoms with Crippen LogP contribution < -0.4 is 4.74 Å². The summed E-state index contributed by atoms with van der Waals surface area (Å²) >= 11 is 3.66.